The maximum absolute atomic E-state index is 16.8. The Hall–Kier alpha value is -6.93. The molecule has 0 N–H and O–H groups in total. The third-order valence-electron chi connectivity index (χ3n) is 11.3. The van der Waals surface area contributed by atoms with E-state index < -0.39 is 7.14 Å². The maximum Gasteiger partial charge on any atom is 0.172 e. The molecule has 3 nitrogen and oxygen atoms in total. The topological polar surface area (TPSA) is 42.9 Å². The lowest BCUT2D eigenvalue weighted by molar-refractivity contribution is 0.593. The van der Waals surface area contributed by atoms with Crippen molar-refractivity contribution in [3.63, 3.8) is 0 Å². The van der Waals surface area contributed by atoms with Crippen molar-refractivity contribution in [3.8, 4) is 22.5 Å². The van der Waals surface area contributed by atoms with Gasteiger partial charge in [-0.25, -0.2) is 9.97 Å². The molecule has 0 amide bonds. The molecule has 0 aliphatic carbocycles. The minimum atomic E-state index is -3.52. The van der Waals surface area contributed by atoms with Gasteiger partial charge < -0.3 is 4.57 Å². The summed E-state index contributed by atoms with van der Waals surface area (Å²) in [5.41, 5.74) is 5.87. The molecule has 0 saturated carbocycles. The zero-order chi connectivity index (χ0) is 37.2. The summed E-state index contributed by atoms with van der Waals surface area (Å²) in [6, 6.07) is 68.9. The number of nitrogens with zero attached hydrogens (tertiary/aromatic N) is 2. The lowest BCUT2D eigenvalue weighted by atomic mass is 9.95. The van der Waals surface area contributed by atoms with Gasteiger partial charge in [0.1, 0.15) is 0 Å². The Balaban J connectivity index is 1.25. The molecule has 0 saturated heterocycles. The quantitative estimate of drug-likeness (QED) is 0.131. The summed E-state index contributed by atoms with van der Waals surface area (Å²) in [6.45, 7) is 0. The maximum atomic E-state index is 16.8. The molecule has 0 bridgehead atoms. The molecule has 56 heavy (non-hydrogen) atoms. The Morgan fingerprint density at radius 2 is 0.679 bits per heavy atom. The summed E-state index contributed by atoms with van der Waals surface area (Å²) in [5.74, 6) is 0. The SMILES string of the molecule is O=P(c1ccccc1)(c1cccc2c1ccc1c(-c3ccccc3)nc3ccccc3c12)c1cccc2c1ccc1c(-c3ccccc3)nc3ccccc3c12. The van der Waals surface area contributed by atoms with Crippen LogP contribution in [0.2, 0.25) is 0 Å². The number of para-hydroxylation sites is 2. The fourth-order valence-electron chi connectivity index (χ4n) is 8.81. The molecular weight excluding hydrogens is 700 g/mol. The van der Waals surface area contributed by atoms with E-state index in [4.69, 9.17) is 9.97 Å². The second-order valence-electron chi connectivity index (χ2n) is 14.4. The predicted molar refractivity (Wildman–Crippen MR) is 237 cm³/mol. The zero-order valence-corrected chi connectivity index (χ0v) is 31.2. The molecule has 0 radical (unpaired) electrons. The van der Waals surface area contributed by atoms with Crippen LogP contribution in [0.3, 0.4) is 0 Å². The first-order chi connectivity index (χ1) is 27.7. The number of pyridine rings is 2. The van der Waals surface area contributed by atoms with Crippen LogP contribution < -0.4 is 15.9 Å². The van der Waals surface area contributed by atoms with Gasteiger partial charge in [-0.1, -0.05) is 188 Å². The lowest BCUT2D eigenvalue weighted by Crippen LogP contribution is -2.26. The van der Waals surface area contributed by atoms with E-state index in [0.29, 0.717) is 0 Å². The van der Waals surface area contributed by atoms with Gasteiger partial charge in [0.15, 0.2) is 7.14 Å². The van der Waals surface area contributed by atoms with Crippen LogP contribution in [-0.2, 0) is 4.57 Å². The van der Waals surface area contributed by atoms with Crippen molar-refractivity contribution in [2.24, 2.45) is 0 Å². The van der Waals surface area contributed by atoms with E-state index in [1.165, 1.54) is 0 Å². The van der Waals surface area contributed by atoms with Crippen molar-refractivity contribution in [1.29, 1.82) is 0 Å². The van der Waals surface area contributed by atoms with Gasteiger partial charge >= 0.3 is 0 Å². The highest BCUT2D eigenvalue weighted by Crippen LogP contribution is 2.49. The molecular formula is C52H33N2OP. The Morgan fingerprint density at radius 3 is 1.14 bits per heavy atom. The minimum Gasteiger partial charge on any atom is -0.309 e. The smallest absolute Gasteiger partial charge is 0.172 e. The van der Waals surface area contributed by atoms with Crippen LogP contribution in [0, 0.1) is 0 Å². The van der Waals surface area contributed by atoms with Gasteiger partial charge in [0.25, 0.3) is 0 Å². The normalized spacial score (nSPS) is 12.0. The summed E-state index contributed by atoms with van der Waals surface area (Å²) in [7, 11) is -3.52. The predicted octanol–water partition coefficient (Wildman–Crippen LogP) is 12.4. The summed E-state index contributed by atoms with van der Waals surface area (Å²) in [4.78, 5) is 10.4. The van der Waals surface area contributed by atoms with E-state index in [1.54, 1.807) is 0 Å². The molecule has 2 heterocycles. The largest absolute Gasteiger partial charge is 0.309 e. The molecule has 0 aliphatic rings. The molecule has 0 fully saturated rings. The Kier molecular flexibility index (Phi) is 7.45. The van der Waals surface area contributed by atoms with Crippen molar-refractivity contribution < 1.29 is 4.57 Å². The standard InChI is InChI=1S/C52H33N2OP/c55-56(36-20-8-3-9-21-36,47-28-14-24-39-37(47)30-32-43-49(39)41-22-10-12-26-45(41)53-51(43)34-16-4-1-5-17-34)48-29-15-25-40-38(48)31-33-44-50(40)42-23-11-13-27-46(42)54-52(44)35-18-6-2-7-19-35/h1-33H. The van der Waals surface area contributed by atoms with E-state index in [-0.39, 0.29) is 0 Å². The second kappa shape index (κ2) is 12.8. The zero-order valence-electron chi connectivity index (χ0n) is 30.3. The van der Waals surface area contributed by atoms with Crippen LogP contribution in [0.25, 0.3) is 87.4 Å². The van der Waals surface area contributed by atoms with Crippen molar-refractivity contribution >= 4 is 88.0 Å². The highest BCUT2D eigenvalue weighted by atomic mass is 31.2. The molecule has 0 aliphatic heterocycles. The molecule has 0 unspecified atom stereocenters. The monoisotopic (exact) mass is 732 g/mol. The summed E-state index contributed by atoms with van der Waals surface area (Å²) in [6.07, 6.45) is 0. The van der Waals surface area contributed by atoms with Crippen LogP contribution in [0.4, 0.5) is 0 Å². The van der Waals surface area contributed by atoms with Crippen LogP contribution in [0.5, 0.6) is 0 Å². The summed E-state index contributed by atoms with van der Waals surface area (Å²) < 4.78 is 16.8. The number of hydrogen-bond acceptors (Lipinski definition) is 3. The van der Waals surface area contributed by atoms with Gasteiger partial charge in [-0.05, 0) is 33.7 Å². The van der Waals surface area contributed by atoms with E-state index in [9.17, 15) is 0 Å². The van der Waals surface area contributed by atoms with Crippen molar-refractivity contribution in [2.75, 3.05) is 0 Å². The highest BCUT2D eigenvalue weighted by molar-refractivity contribution is 7.86. The van der Waals surface area contributed by atoms with E-state index in [1.807, 2.05) is 54.6 Å². The van der Waals surface area contributed by atoms with Crippen molar-refractivity contribution in [2.45, 2.75) is 0 Å². The molecule has 0 atom stereocenters. The molecule has 9 aromatic carbocycles. The van der Waals surface area contributed by atoms with Crippen LogP contribution in [-0.4, -0.2) is 9.97 Å². The van der Waals surface area contributed by atoms with Gasteiger partial charge in [-0.15, -0.1) is 0 Å². The van der Waals surface area contributed by atoms with E-state index >= 15 is 4.57 Å². The first kappa shape index (κ1) is 32.5. The first-order valence-corrected chi connectivity index (χ1v) is 20.7. The fraction of sp³-hybridized carbons (Fsp3) is 0. The molecule has 4 heteroatoms. The summed E-state index contributed by atoms with van der Waals surface area (Å²) >= 11 is 0. The van der Waals surface area contributed by atoms with Crippen molar-refractivity contribution in [3.05, 3.63) is 200 Å². The van der Waals surface area contributed by atoms with Gasteiger partial charge in [-0.3, -0.25) is 0 Å². The average Bonchev–Trinajstić information content (AvgIpc) is 3.28. The van der Waals surface area contributed by atoms with Gasteiger partial charge in [-0.2, -0.15) is 0 Å². The first-order valence-electron chi connectivity index (χ1n) is 18.9. The Morgan fingerprint density at radius 1 is 0.304 bits per heavy atom. The van der Waals surface area contributed by atoms with E-state index in [0.717, 1.165) is 103 Å². The second-order valence-corrected chi connectivity index (χ2v) is 17.1. The third-order valence-corrected chi connectivity index (χ3v) is 14.5. The Bertz CT molecular complexity index is 3180. The number of rotatable bonds is 5. The highest BCUT2D eigenvalue weighted by Gasteiger charge is 2.34. The van der Waals surface area contributed by atoms with E-state index in [2.05, 4.69) is 146 Å². The third kappa shape index (κ3) is 4.88. The lowest BCUT2D eigenvalue weighted by Gasteiger charge is -2.24. The molecule has 2 aromatic heterocycles. The number of hydrogen-bond donors (Lipinski definition) is 0. The number of benzene rings is 9. The van der Waals surface area contributed by atoms with Crippen molar-refractivity contribution in [1.82, 2.24) is 9.97 Å². The summed E-state index contributed by atoms with van der Waals surface area (Å²) in [5, 5.41) is 13.0. The minimum absolute atomic E-state index is 0.800. The van der Waals surface area contributed by atoms with Gasteiger partial charge in [0.2, 0.25) is 0 Å². The number of aromatic nitrogens is 2. The molecule has 11 aromatic rings. The molecule has 11 rings (SSSR count). The van der Waals surface area contributed by atoms with Gasteiger partial charge in [0.05, 0.1) is 22.4 Å². The van der Waals surface area contributed by atoms with Gasteiger partial charge in [0, 0.05) is 59.4 Å². The van der Waals surface area contributed by atoms with Crippen LogP contribution in [0.15, 0.2) is 200 Å². The molecule has 262 valence electrons. The van der Waals surface area contributed by atoms with Crippen LogP contribution >= 0.6 is 7.14 Å². The Labute approximate surface area is 323 Å². The number of fused-ring (bicyclic) bond motifs is 10. The average molecular weight is 733 g/mol. The molecule has 0 spiro atoms. The fourth-order valence-corrected chi connectivity index (χ4v) is 11.9. The van der Waals surface area contributed by atoms with Crippen LogP contribution in [0.1, 0.15) is 0 Å².